The maximum absolute atomic E-state index is 12.3. The Hall–Kier alpha value is -2.12. The van der Waals surface area contributed by atoms with Crippen LogP contribution in [-0.4, -0.2) is 35.7 Å². The zero-order chi connectivity index (χ0) is 19.1. The third kappa shape index (κ3) is 5.94. The van der Waals surface area contributed by atoms with Gasteiger partial charge in [0.05, 0.1) is 7.11 Å². The summed E-state index contributed by atoms with van der Waals surface area (Å²) in [6, 6.07) is 7.50. The number of carbonyl (C=O) groups excluding carboxylic acids is 1. The molecule has 1 heterocycles. The molecule has 1 fully saturated rings. The molecule has 3 rings (SSSR count). The summed E-state index contributed by atoms with van der Waals surface area (Å²) < 4.78 is 10.4. The molecule has 1 amide bonds. The standard InChI is InChI=1S/C20H28N4O3.ClH/c1-26-16-9-7-15(8-10-16)20-23-19(27-24-20)12-11-18(25)22-17(13-21)14-5-3-2-4-6-14;/h7-10,14,17H,2-6,11-13,21H2,1H3,(H,22,25);1H. The number of methoxy groups -OCH3 is 1. The van der Waals surface area contributed by atoms with Gasteiger partial charge in [-0.15, -0.1) is 12.4 Å². The van der Waals surface area contributed by atoms with Crippen molar-refractivity contribution in [3.63, 3.8) is 0 Å². The molecule has 1 saturated carbocycles. The van der Waals surface area contributed by atoms with Crippen LogP contribution in [0.2, 0.25) is 0 Å². The highest BCUT2D eigenvalue weighted by Crippen LogP contribution is 2.26. The molecule has 0 radical (unpaired) electrons. The molecular formula is C20H29ClN4O3. The number of aromatic nitrogens is 2. The number of nitrogens with two attached hydrogens (primary N) is 1. The van der Waals surface area contributed by atoms with Crippen LogP contribution in [0.1, 0.15) is 44.4 Å². The second kappa shape index (κ2) is 11.0. The largest absolute Gasteiger partial charge is 0.497 e. The first-order valence-electron chi connectivity index (χ1n) is 9.66. The van der Waals surface area contributed by atoms with E-state index in [1.165, 1.54) is 19.3 Å². The Balaban J connectivity index is 0.00000280. The molecule has 0 saturated heterocycles. The number of amides is 1. The second-order valence-electron chi connectivity index (χ2n) is 7.05. The molecule has 1 unspecified atom stereocenters. The number of rotatable bonds is 8. The Morgan fingerprint density at radius 2 is 2.00 bits per heavy atom. The van der Waals surface area contributed by atoms with Gasteiger partial charge in [0, 0.05) is 31.0 Å². The average Bonchev–Trinajstić information content (AvgIpc) is 3.20. The van der Waals surface area contributed by atoms with Crippen molar-refractivity contribution in [2.24, 2.45) is 11.7 Å². The molecule has 0 spiro atoms. The van der Waals surface area contributed by atoms with E-state index in [1.807, 2.05) is 24.3 Å². The van der Waals surface area contributed by atoms with Gasteiger partial charge >= 0.3 is 0 Å². The zero-order valence-electron chi connectivity index (χ0n) is 16.2. The highest BCUT2D eigenvalue weighted by atomic mass is 35.5. The van der Waals surface area contributed by atoms with Crippen molar-refractivity contribution < 1.29 is 14.1 Å². The number of nitrogens with zero attached hydrogens (tertiary/aromatic N) is 2. The first-order valence-corrected chi connectivity index (χ1v) is 9.66. The fraction of sp³-hybridized carbons (Fsp3) is 0.550. The van der Waals surface area contributed by atoms with Gasteiger partial charge in [-0.2, -0.15) is 4.98 Å². The third-order valence-corrected chi connectivity index (χ3v) is 5.20. The number of nitrogens with one attached hydrogen (secondary N) is 1. The molecule has 1 aromatic heterocycles. The van der Waals surface area contributed by atoms with E-state index >= 15 is 0 Å². The van der Waals surface area contributed by atoms with Gasteiger partial charge in [-0.3, -0.25) is 4.79 Å². The first-order chi connectivity index (χ1) is 13.2. The molecular weight excluding hydrogens is 380 g/mol. The summed E-state index contributed by atoms with van der Waals surface area (Å²) >= 11 is 0. The smallest absolute Gasteiger partial charge is 0.227 e. The zero-order valence-corrected chi connectivity index (χ0v) is 17.0. The molecule has 2 aromatic rings. The highest BCUT2D eigenvalue weighted by molar-refractivity contribution is 5.85. The number of carbonyl (C=O) groups is 1. The number of ether oxygens (including phenoxy) is 1. The molecule has 0 aliphatic heterocycles. The molecule has 28 heavy (non-hydrogen) atoms. The van der Waals surface area contributed by atoms with Gasteiger partial charge in [-0.25, -0.2) is 0 Å². The van der Waals surface area contributed by atoms with Crippen LogP contribution in [-0.2, 0) is 11.2 Å². The lowest BCUT2D eigenvalue weighted by Gasteiger charge is -2.30. The Bertz CT molecular complexity index is 729. The summed E-state index contributed by atoms with van der Waals surface area (Å²) in [5.41, 5.74) is 6.73. The summed E-state index contributed by atoms with van der Waals surface area (Å²) in [7, 11) is 1.62. The lowest BCUT2D eigenvalue weighted by atomic mass is 9.84. The van der Waals surface area contributed by atoms with Crippen LogP contribution in [0.25, 0.3) is 11.4 Å². The summed E-state index contributed by atoms with van der Waals surface area (Å²) in [6.45, 7) is 0.485. The maximum atomic E-state index is 12.3. The summed E-state index contributed by atoms with van der Waals surface area (Å²) in [6.07, 6.45) is 6.77. The van der Waals surface area contributed by atoms with Crippen molar-refractivity contribution >= 4 is 18.3 Å². The highest BCUT2D eigenvalue weighted by Gasteiger charge is 2.24. The quantitative estimate of drug-likeness (QED) is 0.695. The summed E-state index contributed by atoms with van der Waals surface area (Å²) in [5.74, 6) is 2.22. The summed E-state index contributed by atoms with van der Waals surface area (Å²) in [5, 5.41) is 7.08. The molecule has 154 valence electrons. The molecule has 1 aromatic carbocycles. The molecule has 8 heteroatoms. The second-order valence-corrected chi connectivity index (χ2v) is 7.05. The molecule has 0 bridgehead atoms. The third-order valence-electron chi connectivity index (χ3n) is 5.20. The fourth-order valence-corrected chi connectivity index (χ4v) is 3.62. The monoisotopic (exact) mass is 408 g/mol. The van der Waals surface area contributed by atoms with Crippen LogP contribution in [0.5, 0.6) is 5.75 Å². The van der Waals surface area contributed by atoms with E-state index in [1.54, 1.807) is 7.11 Å². The average molecular weight is 409 g/mol. The number of hydrogen-bond acceptors (Lipinski definition) is 6. The molecule has 1 aliphatic carbocycles. The van der Waals surface area contributed by atoms with Crippen molar-refractivity contribution in [3.8, 4) is 17.1 Å². The summed E-state index contributed by atoms with van der Waals surface area (Å²) in [4.78, 5) is 16.7. The van der Waals surface area contributed by atoms with Crippen LogP contribution in [0.4, 0.5) is 0 Å². The van der Waals surface area contributed by atoms with Gasteiger partial charge in [-0.05, 0) is 43.0 Å². The predicted octanol–water partition coefficient (Wildman–Crippen LogP) is 3.12. The molecule has 1 aliphatic rings. The number of benzene rings is 1. The van der Waals surface area contributed by atoms with E-state index in [-0.39, 0.29) is 24.4 Å². The van der Waals surface area contributed by atoms with Gasteiger partial charge in [0.2, 0.25) is 17.6 Å². The SMILES string of the molecule is COc1ccc(-c2noc(CCC(=O)NC(CN)C3CCCCC3)n2)cc1.Cl. The van der Waals surface area contributed by atoms with Crippen LogP contribution in [0.3, 0.4) is 0 Å². The maximum Gasteiger partial charge on any atom is 0.227 e. The minimum Gasteiger partial charge on any atom is -0.497 e. The van der Waals surface area contributed by atoms with Crippen LogP contribution in [0.15, 0.2) is 28.8 Å². The van der Waals surface area contributed by atoms with E-state index in [0.29, 0.717) is 37.0 Å². The number of hydrogen-bond donors (Lipinski definition) is 2. The lowest BCUT2D eigenvalue weighted by Crippen LogP contribution is -2.46. The van der Waals surface area contributed by atoms with Crippen molar-refractivity contribution in [1.82, 2.24) is 15.5 Å². The molecule has 7 nitrogen and oxygen atoms in total. The Morgan fingerprint density at radius 1 is 1.29 bits per heavy atom. The lowest BCUT2D eigenvalue weighted by molar-refractivity contribution is -0.122. The van der Waals surface area contributed by atoms with Gasteiger partial charge in [0.25, 0.3) is 0 Å². The number of aryl methyl sites for hydroxylation is 1. The Kier molecular flexibility index (Phi) is 8.73. The van der Waals surface area contributed by atoms with Gasteiger partial charge in [0.1, 0.15) is 5.75 Å². The van der Waals surface area contributed by atoms with E-state index in [9.17, 15) is 4.79 Å². The van der Waals surface area contributed by atoms with Gasteiger partial charge < -0.3 is 20.3 Å². The van der Waals surface area contributed by atoms with Crippen LogP contribution in [0, 0.1) is 5.92 Å². The van der Waals surface area contributed by atoms with E-state index in [0.717, 1.165) is 24.2 Å². The van der Waals surface area contributed by atoms with E-state index in [4.69, 9.17) is 15.0 Å². The van der Waals surface area contributed by atoms with Crippen LogP contribution < -0.4 is 15.8 Å². The van der Waals surface area contributed by atoms with Crippen molar-refractivity contribution in [3.05, 3.63) is 30.2 Å². The van der Waals surface area contributed by atoms with E-state index in [2.05, 4.69) is 15.5 Å². The van der Waals surface area contributed by atoms with Gasteiger partial charge in [-0.1, -0.05) is 24.4 Å². The fourth-order valence-electron chi connectivity index (χ4n) is 3.62. The van der Waals surface area contributed by atoms with Crippen LogP contribution >= 0.6 is 12.4 Å². The topological polar surface area (TPSA) is 103 Å². The Labute approximate surface area is 171 Å². The Morgan fingerprint density at radius 3 is 2.64 bits per heavy atom. The first kappa shape index (κ1) is 22.2. The molecule has 3 N–H and O–H groups in total. The minimum atomic E-state index is -0.0137. The van der Waals surface area contributed by atoms with E-state index < -0.39 is 0 Å². The minimum absolute atomic E-state index is 0. The van der Waals surface area contributed by atoms with Gasteiger partial charge in [0.15, 0.2) is 0 Å². The molecule has 1 atom stereocenters. The van der Waals surface area contributed by atoms with Crippen molar-refractivity contribution in [2.75, 3.05) is 13.7 Å². The predicted molar refractivity (Wildman–Crippen MR) is 109 cm³/mol. The van der Waals surface area contributed by atoms with Crippen molar-refractivity contribution in [2.45, 2.75) is 51.0 Å². The number of halogens is 1. The normalized spacial score (nSPS) is 15.5. The van der Waals surface area contributed by atoms with Crippen molar-refractivity contribution in [1.29, 1.82) is 0 Å².